The Hall–Kier alpha value is -2.38. The Labute approximate surface area is 125 Å². The van der Waals surface area contributed by atoms with Gasteiger partial charge < -0.3 is 20.1 Å². The summed E-state index contributed by atoms with van der Waals surface area (Å²) >= 11 is 0. The van der Waals surface area contributed by atoms with Gasteiger partial charge in [-0.3, -0.25) is 9.59 Å². The lowest BCUT2D eigenvalue weighted by Gasteiger charge is -2.22. The molecule has 0 saturated carbocycles. The fraction of sp³-hybridized carbons (Fsp3) is 0.429. The van der Waals surface area contributed by atoms with E-state index in [0.717, 1.165) is 6.42 Å². The molecule has 1 atom stereocenters. The van der Waals surface area contributed by atoms with Crippen molar-refractivity contribution in [2.45, 2.75) is 25.5 Å². The Morgan fingerprint density at radius 1 is 1.41 bits per heavy atom. The first-order valence-electron chi connectivity index (χ1n) is 6.72. The van der Waals surface area contributed by atoms with Crippen molar-refractivity contribution in [3.63, 3.8) is 0 Å². The first kappa shape index (κ1) is 16.0. The molecule has 1 aliphatic rings. The zero-order valence-corrected chi connectivity index (χ0v) is 11.9. The van der Waals surface area contributed by atoms with Crippen molar-refractivity contribution in [3.05, 3.63) is 23.8 Å². The number of carbonyl (C=O) groups excluding carboxylic acids is 2. The predicted octanol–water partition coefficient (Wildman–Crippen LogP) is 1.30. The van der Waals surface area contributed by atoms with Crippen LogP contribution in [0.3, 0.4) is 0 Å². The van der Waals surface area contributed by atoms with E-state index in [0.29, 0.717) is 13.0 Å². The zero-order valence-electron chi connectivity index (χ0n) is 11.9. The SMILES string of the molecule is COc1cc(C(=O)NC2CCCNC2=O)ccc1OC(F)F. The van der Waals surface area contributed by atoms with Crippen LogP contribution in [0.4, 0.5) is 8.78 Å². The number of nitrogens with one attached hydrogen (secondary N) is 2. The number of carbonyl (C=O) groups is 2. The lowest BCUT2D eigenvalue weighted by atomic mass is 10.1. The lowest BCUT2D eigenvalue weighted by Crippen LogP contribution is -2.50. The molecule has 1 aromatic rings. The summed E-state index contributed by atoms with van der Waals surface area (Å²) in [4.78, 5) is 23.7. The molecule has 1 saturated heterocycles. The van der Waals surface area contributed by atoms with Crippen LogP contribution in [0.15, 0.2) is 18.2 Å². The first-order chi connectivity index (χ1) is 10.5. The highest BCUT2D eigenvalue weighted by Gasteiger charge is 2.24. The molecule has 1 fully saturated rings. The summed E-state index contributed by atoms with van der Waals surface area (Å²) in [6.45, 7) is -2.39. The van der Waals surface area contributed by atoms with Gasteiger partial charge in [-0.1, -0.05) is 0 Å². The van der Waals surface area contributed by atoms with Crippen molar-refractivity contribution in [1.29, 1.82) is 0 Å². The number of amides is 2. The Bertz CT molecular complexity index is 566. The van der Waals surface area contributed by atoms with E-state index in [1.807, 2.05) is 0 Å². The highest BCUT2D eigenvalue weighted by atomic mass is 19.3. The molecule has 1 heterocycles. The van der Waals surface area contributed by atoms with E-state index in [-0.39, 0.29) is 23.0 Å². The van der Waals surface area contributed by atoms with Gasteiger partial charge in [0.1, 0.15) is 6.04 Å². The maximum atomic E-state index is 12.2. The van der Waals surface area contributed by atoms with Crippen molar-refractivity contribution in [3.8, 4) is 11.5 Å². The van der Waals surface area contributed by atoms with Crippen LogP contribution in [-0.4, -0.2) is 38.1 Å². The molecule has 0 bridgehead atoms. The quantitative estimate of drug-likeness (QED) is 0.859. The second-order valence-corrected chi connectivity index (χ2v) is 4.70. The predicted molar refractivity (Wildman–Crippen MR) is 73.1 cm³/mol. The van der Waals surface area contributed by atoms with Crippen LogP contribution in [-0.2, 0) is 4.79 Å². The van der Waals surface area contributed by atoms with Gasteiger partial charge >= 0.3 is 6.61 Å². The number of alkyl halides is 2. The summed E-state index contributed by atoms with van der Waals surface area (Å²) in [6, 6.07) is 3.24. The van der Waals surface area contributed by atoms with E-state index in [9.17, 15) is 18.4 Å². The van der Waals surface area contributed by atoms with E-state index in [1.165, 1.54) is 25.3 Å². The van der Waals surface area contributed by atoms with E-state index < -0.39 is 18.6 Å². The minimum atomic E-state index is -2.99. The normalized spacial score (nSPS) is 17.8. The molecule has 2 N–H and O–H groups in total. The van der Waals surface area contributed by atoms with Gasteiger partial charge in [-0.15, -0.1) is 0 Å². The smallest absolute Gasteiger partial charge is 0.387 e. The van der Waals surface area contributed by atoms with E-state index in [4.69, 9.17) is 4.74 Å². The van der Waals surface area contributed by atoms with Crippen LogP contribution in [0.2, 0.25) is 0 Å². The van der Waals surface area contributed by atoms with Crippen molar-refractivity contribution >= 4 is 11.8 Å². The Kier molecular flexibility index (Phi) is 5.13. The summed E-state index contributed by atoms with van der Waals surface area (Å²) in [5.74, 6) is -0.862. The molecular formula is C14H16F2N2O4. The van der Waals surface area contributed by atoms with Gasteiger partial charge in [0.25, 0.3) is 5.91 Å². The summed E-state index contributed by atoms with van der Waals surface area (Å²) in [7, 11) is 1.28. The maximum Gasteiger partial charge on any atom is 0.387 e. The molecule has 0 aliphatic carbocycles. The zero-order chi connectivity index (χ0) is 16.1. The summed E-state index contributed by atoms with van der Waals surface area (Å²) in [5.41, 5.74) is 0.192. The molecular weight excluding hydrogens is 298 g/mol. The lowest BCUT2D eigenvalue weighted by molar-refractivity contribution is -0.124. The number of ether oxygens (including phenoxy) is 2. The fourth-order valence-electron chi connectivity index (χ4n) is 2.15. The Morgan fingerprint density at radius 3 is 2.82 bits per heavy atom. The average Bonchev–Trinajstić information content (AvgIpc) is 2.49. The van der Waals surface area contributed by atoms with E-state index in [2.05, 4.69) is 15.4 Å². The van der Waals surface area contributed by atoms with Crippen molar-refractivity contribution in [2.24, 2.45) is 0 Å². The van der Waals surface area contributed by atoms with Crippen molar-refractivity contribution in [2.75, 3.05) is 13.7 Å². The number of hydrogen-bond acceptors (Lipinski definition) is 4. The topological polar surface area (TPSA) is 76.7 Å². The van der Waals surface area contributed by atoms with Crippen LogP contribution in [0.1, 0.15) is 23.2 Å². The fourth-order valence-corrected chi connectivity index (χ4v) is 2.15. The molecule has 1 aliphatic heterocycles. The largest absolute Gasteiger partial charge is 0.493 e. The van der Waals surface area contributed by atoms with Crippen LogP contribution in [0.25, 0.3) is 0 Å². The average molecular weight is 314 g/mol. The number of rotatable bonds is 5. The molecule has 8 heteroatoms. The van der Waals surface area contributed by atoms with E-state index in [1.54, 1.807) is 0 Å². The number of methoxy groups -OCH3 is 1. The van der Waals surface area contributed by atoms with Gasteiger partial charge in [0.15, 0.2) is 11.5 Å². The van der Waals surface area contributed by atoms with E-state index >= 15 is 0 Å². The van der Waals surface area contributed by atoms with Gasteiger partial charge in [0.2, 0.25) is 5.91 Å². The molecule has 2 amide bonds. The van der Waals surface area contributed by atoms with Crippen LogP contribution in [0.5, 0.6) is 11.5 Å². The molecule has 2 rings (SSSR count). The third kappa shape index (κ3) is 3.84. The van der Waals surface area contributed by atoms with Gasteiger partial charge in [0, 0.05) is 12.1 Å². The number of piperidine rings is 1. The molecule has 0 aromatic heterocycles. The third-order valence-corrected chi connectivity index (χ3v) is 3.23. The molecule has 22 heavy (non-hydrogen) atoms. The minimum Gasteiger partial charge on any atom is -0.493 e. The Balaban J connectivity index is 2.10. The van der Waals surface area contributed by atoms with Crippen molar-refractivity contribution in [1.82, 2.24) is 10.6 Å². The highest BCUT2D eigenvalue weighted by Crippen LogP contribution is 2.29. The summed E-state index contributed by atoms with van der Waals surface area (Å²) in [5, 5.41) is 5.26. The standard InChI is InChI=1S/C14H16F2N2O4/c1-21-11-7-8(4-5-10(11)22-14(15)16)12(19)18-9-3-2-6-17-13(9)20/h4-5,7,9,14H,2-3,6H2,1H3,(H,17,20)(H,18,19). The highest BCUT2D eigenvalue weighted by molar-refractivity contribution is 5.98. The van der Waals surface area contributed by atoms with Crippen molar-refractivity contribution < 1.29 is 27.8 Å². The van der Waals surface area contributed by atoms with Gasteiger partial charge in [-0.25, -0.2) is 0 Å². The van der Waals surface area contributed by atoms with Crippen LogP contribution < -0.4 is 20.1 Å². The molecule has 1 aromatic carbocycles. The summed E-state index contributed by atoms with van der Waals surface area (Å²) < 4.78 is 33.7. The van der Waals surface area contributed by atoms with Gasteiger partial charge in [-0.05, 0) is 31.0 Å². The number of halogens is 2. The minimum absolute atomic E-state index is 0.0149. The second kappa shape index (κ2) is 7.06. The van der Waals surface area contributed by atoms with Crippen LogP contribution in [0, 0.1) is 0 Å². The van der Waals surface area contributed by atoms with Gasteiger partial charge in [-0.2, -0.15) is 8.78 Å². The number of benzene rings is 1. The first-order valence-corrected chi connectivity index (χ1v) is 6.72. The monoisotopic (exact) mass is 314 g/mol. The molecule has 0 spiro atoms. The second-order valence-electron chi connectivity index (χ2n) is 4.70. The van der Waals surface area contributed by atoms with Gasteiger partial charge in [0.05, 0.1) is 7.11 Å². The summed E-state index contributed by atoms with van der Waals surface area (Å²) in [6.07, 6.45) is 1.34. The van der Waals surface area contributed by atoms with Crippen LogP contribution >= 0.6 is 0 Å². The molecule has 120 valence electrons. The molecule has 0 radical (unpaired) electrons. The molecule has 1 unspecified atom stereocenters. The third-order valence-electron chi connectivity index (χ3n) is 3.23. The maximum absolute atomic E-state index is 12.2. The Morgan fingerprint density at radius 2 is 2.18 bits per heavy atom. The number of hydrogen-bond donors (Lipinski definition) is 2. The molecule has 6 nitrogen and oxygen atoms in total.